The van der Waals surface area contributed by atoms with Gasteiger partial charge in [-0.25, -0.2) is 0 Å². The molecule has 0 saturated carbocycles. The number of rotatable bonds is 4. The molecule has 3 rings (SSSR count). The zero-order valence-corrected chi connectivity index (χ0v) is 14.7. The van der Waals surface area contributed by atoms with E-state index in [9.17, 15) is 8.42 Å². The summed E-state index contributed by atoms with van der Waals surface area (Å²) in [6.45, 7) is 5.54. The van der Waals surface area contributed by atoms with E-state index in [1.165, 1.54) is 12.1 Å². The van der Waals surface area contributed by atoms with Gasteiger partial charge in [0.1, 0.15) is 12.7 Å². The second kappa shape index (κ2) is 6.11. The molecule has 0 bridgehead atoms. The molecular formula is C18H20O5S. The van der Waals surface area contributed by atoms with Gasteiger partial charge in [-0.1, -0.05) is 29.8 Å². The lowest BCUT2D eigenvalue weighted by Gasteiger charge is -2.38. The van der Waals surface area contributed by atoms with E-state index in [4.69, 9.17) is 13.7 Å². The number of benzene rings is 2. The highest BCUT2D eigenvalue weighted by Gasteiger charge is 2.41. The Morgan fingerprint density at radius 1 is 1.08 bits per heavy atom. The van der Waals surface area contributed by atoms with Gasteiger partial charge in [-0.3, -0.25) is 4.18 Å². The first-order valence-electron chi connectivity index (χ1n) is 7.71. The standard InChI is InChI=1S/C18H20O5S/c1-13-8-10-15(11-9-13)24(19,20)23-14(2)18(3)12-21-16-6-4-5-7-17(16)22-18/h4-11,14H,12H2,1-3H3. The maximum atomic E-state index is 12.5. The Balaban J connectivity index is 1.79. The molecule has 2 unspecified atom stereocenters. The normalized spacial score (nSPS) is 21.3. The van der Waals surface area contributed by atoms with Gasteiger partial charge in [-0.05, 0) is 45.0 Å². The highest BCUT2D eigenvalue weighted by molar-refractivity contribution is 7.86. The van der Waals surface area contributed by atoms with E-state index in [1.807, 2.05) is 25.1 Å². The number of aryl methyl sites for hydroxylation is 1. The van der Waals surface area contributed by atoms with Gasteiger partial charge in [-0.15, -0.1) is 0 Å². The van der Waals surface area contributed by atoms with Gasteiger partial charge in [0.15, 0.2) is 17.1 Å². The summed E-state index contributed by atoms with van der Waals surface area (Å²) in [6.07, 6.45) is -0.725. The Labute approximate surface area is 142 Å². The monoisotopic (exact) mass is 348 g/mol. The first-order valence-corrected chi connectivity index (χ1v) is 9.12. The molecular weight excluding hydrogens is 328 g/mol. The molecule has 24 heavy (non-hydrogen) atoms. The second-order valence-corrected chi connectivity index (χ2v) is 7.73. The molecule has 0 saturated heterocycles. The van der Waals surface area contributed by atoms with Crippen LogP contribution < -0.4 is 9.47 Å². The zero-order valence-electron chi connectivity index (χ0n) is 13.9. The number of para-hydroxylation sites is 2. The maximum Gasteiger partial charge on any atom is 0.297 e. The fourth-order valence-corrected chi connectivity index (χ4v) is 3.57. The Hall–Kier alpha value is -2.05. The van der Waals surface area contributed by atoms with Crippen LogP contribution in [0.5, 0.6) is 11.5 Å². The summed E-state index contributed by atoms with van der Waals surface area (Å²) in [5.41, 5.74) is 0.0705. The summed E-state index contributed by atoms with van der Waals surface area (Å²) in [5, 5.41) is 0. The lowest BCUT2D eigenvalue weighted by atomic mass is 10.0. The second-order valence-electron chi connectivity index (χ2n) is 6.16. The van der Waals surface area contributed by atoms with E-state index >= 15 is 0 Å². The molecule has 0 spiro atoms. The SMILES string of the molecule is Cc1ccc(S(=O)(=O)OC(C)C2(C)COc3ccccc3O2)cc1. The first-order chi connectivity index (χ1) is 11.3. The van der Waals surface area contributed by atoms with Crippen LogP contribution in [0.1, 0.15) is 19.4 Å². The van der Waals surface area contributed by atoms with E-state index in [-0.39, 0.29) is 11.5 Å². The minimum absolute atomic E-state index is 0.126. The van der Waals surface area contributed by atoms with Gasteiger partial charge in [0.25, 0.3) is 10.1 Å². The summed E-state index contributed by atoms with van der Waals surface area (Å²) >= 11 is 0. The zero-order chi connectivity index (χ0) is 17.4. The minimum atomic E-state index is -3.88. The molecule has 0 aliphatic carbocycles. The maximum absolute atomic E-state index is 12.5. The van der Waals surface area contributed by atoms with Crippen LogP contribution in [0.3, 0.4) is 0 Å². The Morgan fingerprint density at radius 3 is 2.38 bits per heavy atom. The third kappa shape index (κ3) is 3.25. The van der Waals surface area contributed by atoms with Gasteiger partial charge < -0.3 is 9.47 Å². The molecule has 2 aromatic carbocycles. The van der Waals surface area contributed by atoms with Crippen molar-refractivity contribution in [3.05, 3.63) is 54.1 Å². The molecule has 128 valence electrons. The minimum Gasteiger partial charge on any atom is -0.485 e. The number of ether oxygens (including phenoxy) is 2. The highest BCUT2D eigenvalue weighted by Crippen LogP contribution is 2.37. The molecule has 2 atom stereocenters. The molecule has 1 aliphatic heterocycles. The van der Waals surface area contributed by atoms with Gasteiger partial charge in [0.2, 0.25) is 0 Å². The fourth-order valence-electron chi connectivity index (χ4n) is 2.41. The van der Waals surface area contributed by atoms with Crippen molar-refractivity contribution in [3.63, 3.8) is 0 Å². The number of fused-ring (bicyclic) bond motifs is 1. The predicted octanol–water partition coefficient (Wildman–Crippen LogP) is 3.32. The Morgan fingerprint density at radius 2 is 1.71 bits per heavy atom. The van der Waals surface area contributed by atoms with E-state index in [2.05, 4.69) is 0 Å². The van der Waals surface area contributed by atoms with Crippen molar-refractivity contribution < 1.29 is 22.1 Å². The molecule has 0 aromatic heterocycles. The van der Waals surface area contributed by atoms with Crippen LogP contribution in [-0.2, 0) is 14.3 Å². The molecule has 2 aromatic rings. The first kappa shape index (κ1) is 16.8. The smallest absolute Gasteiger partial charge is 0.297 e. The fraction of sp³-hybridized carbons (Fsp3) is 0.333. The van der Waals surface area contributed by atoms with Crippen molar-refractivity contribution in [2.45, 2.75) is 37.4 Å². The third-order valence-corrected chi connectivity index (χ3v) is 5.54. The highest BCUT2D eigenvalue weighted by atomic mass is 32.2. The molecule has 0 fully saturated rings. The van der Waals surface area contributed by atoms with Gasteiger partial charge in [0, 0.05) is 0 Å². The Bertz CT molecular complexity index is 829. The van der Waals surface area contributed by atoms with Crippen LogP contribution >= 0.6 is 0 Å². The third-order valence-electron chi connectivity index (χ3n) is 4.15. The lowest BCUT2D eigenvalue weighted by molar-refractivity contribution is -0.0639. The molecule has 0 amide bonds. The van der Waals surface area contributed by atoms with E-state index in [1.54, 1.807) is 32.0 Å². The molecule has 6 heteroatoms. The largest absolute Gasteiger partial charge is 0.485 e. The van der Waals surface area contributed by atoms with Crippen molar-refractivity contribution in [1.82, 2.24) is 0 Å². The van der Waals surface area contributed by atoms with Crippen molar-refractivity contribution in [2.75, 3.05) is 6.61 Å². The predicted molar refractivity (Wildman–Crippen MR) is 89.9 cm³/mol. The molecule has 0 radical (unpaired) electrons. The quantitative estimate of drug-likeness (QED) is 0.793. The van der Waals surface area contributed by atoms with Crippen LogP contribution in [0.25, 0.3) is 0 Å². The molecule has 5 nitrogen and oxygen atoms in total. The van der Waals surface area contributed by atoms with E-state index in [0.29, 0.717) is 11.5 Å². The van der Waals surface area contributed by atoms with Crippen LogP contribution in [0.4, 0.5) is 0 Å². The van der Waals surface area contributed by atoms with Gasteiger partial charge >= 0.3 is 0 Å². The summed E-state index contributed by atoms with van der Waals surface area (Å²) in [7, 11) is -3.88. The van der Waals surface area contributed by atoms with Crippen LogP contribution in [-0.4, -0.2) is 26.7 Å². The topological polar surface area (TPSA) is 61.8 Å². The van der Waals surface area contributed by atoms with Crippen molar-refractivity contribution in [2.24, 2.45) is 0 Å². The van der Waals surface area contributed by atoms with Crippen LogP contribution in [0.2, 0.25) is 0 Å². The number of hydrogen-bond donors (Lipinski definition) is 0. The summed E-state index contributed by atoms with van der Waals surface area (Å²) in [6, 6.07) is 13.8. The summed E-state index contributed by atoms with van der Waals surface area (Å²) in [4.78, 5) is 0.126. The van der Waals surface area contributed by atoms with Gasteiger partial charge in [-0.2, -0.15) is 8.42 Å². The van der Waals surface area contributed by atoms with E-state index in [0.717, 1.165) is 5.56 Å². The average molecular weight is 348 g/mol. The number of hydrogen-bond acceptors (Lipinski definition) is 5. The van der Waals surface area contributed by atoms with Crippen molar-refractivity contribution >= 4 is 10.1 Å². The molecule has 1 heterocycles. The molecule has 0 N–H and O–H groups in total. The summed E-state index contributed by atoms with van der Waals surface area (Å²) in [5.74, 6) is 1.22. The lowest BCUT2D eigenvalue weighted by Crippen LogP contribution is -2.52. The van der Waals surface area contributed by atoms with Crippen LogP contribution in [0, 0.1) is 6.92 Å². The van der Waals surface area contributed by atoms with Crippen molar-refractivity contribution in [1.29, 1.82) is 0 Å². The van der Waals surface area contributed by atoms with Crippen LogP contribution in [0.15, 0.2) is 53.4 Å². The molecule has 1 aliphatic rings. The van der Waals surface area contributed by atoms with Gasteiger partial charge in [0.05, 0.1) is 4.90 Å². The Kier molecular flexibility index (Phi) is 4.27. The summed E-state index contributed by atoms with van der Waals surface area (Å²) < 4.78 is 42.0. The van der Waals surface area contributed by atoms with Crippen molar-refractivity contribution in [3.8, 4) is 11.5 Å². The average Bonchev–Trinajstić information content (AvgIpc) is 2.54. The van der Waals surface area contributed by atoms with E-state index < -0.39 is 21.8 Å².